The molecule has 6 nitrogen and oxygen atoms in total. The van der Waals surface area contributed by atoms with Crippen molar-refractivity contribution in [2.75, 3.05) is 32.8 Å². The summed E-state index contributed by atoms with van der Waals surface area (Å²) in [4.78, 5) is 14.7. The number of carbonyl (C=O) groups is 1. The molecule has 154 valence electrons. The van der Waals surface area contributed by atoms with Crippen LogP contribution in [0.25, 0.3) is 0 Å². The van der Waals surface area contributed by atoms with Gasteiger partial charge in [0.2, 0.25) is 5.91 Å². The molecule has 2 saturated carbocycles. The predicted molar refractivity (Wildman–Crippen MR) is 102 cm³/mol. The summed E-state index contributed by atoms with van der Waals surface area (Å²) < 4.78 is 12.1. The standard InChI is InChI=1S/C21H36N2O4/c24-17-12-23(11-16-3-1-2-4-16)19-8-7-18(27-20(19)14-26-13-17)9-21(25)22-10-15-5-6-15/h15-20,24H,1-14H2,(H,22,25)/t17-,18-,19-,20+/m1/s1. The summed E-state index contributed by atoms with van der Waals surface area (Å²) in [5.41, 5.74) is 0. The number of ether oxygens (including phenoxy) is 2. The van der Waals surface area contributed by atoms with E-state index in [0.717, 1.165) is 31.8 Å². The van der Waals surface area contributed by atoms with Crippen molar-refractivity contribution in [2.45, 2.75) is 82.1 Å². The maximum atomic E-state index is 12.2. The normalized spacial score (nSPS) is 36.0. The quantitative estimate of drug-likeness (QED) is 0.734. The lowest BCUT2D eigenvalue weighted by atomic mass is 9.93. The predicted octanol–water partition coefficient (Wildman–Crippen LogP) is 1.70. The minimum absolute atomic E-state index is 0.00765. The lowest BCUT2D eigenvalue weighted by Crippen LogP contribution is -2.56. The molecule has 4 rings (SSSR count). The van der Waals surface area contributed by atoms with Crippen molar-refractivity contribution in [3.05, 3.63) is 0 Å². The average molecular weight is 381 g/mol. The van der Waals surface area contributed by atoms with Crippen LogP contribution in [0.5, 0.6) is 0 Å². The third-order valence-electron chi connectivity index (χ3n) is 6.75. The number of nitrogens with one attached hydrogen (secondary N) is 1. The van der Waals surface area contributed by atoms with Gasteiger partial charge in [0.05, 0.1) is 37.9 Å². The van der Waals surface area contributed by atoms with E-state index in [2.05, 4.69) is 10.2 Å². The number of hydrogen-bond acceptors (Lipinski definition) is 5. The van der Waals surface area contributed by atoms with Gasteiger partial charge in [-0.15, -0.1) is 0 Å². The van der Waals surface area contributed by atoms with Crippen molar-refractivity contribution in [1.29, 1.82) is 0 Å². The van der Waals surface area contributed by atoms with Gasteiger partial charge in [-0.2, -0.15) is 0 Å². The second-order valence-corrected chi connectivity index (χ2v) is 9.19. The van der Waals surface area contributed by atoms with Crippen LogP contribution in [0.4, 0.5) is 0 Å². The van der Waals surface area contributed by atoms with Gasteiger partial charge >= 0.3 is 0 Å². The van der Waals surface area contributed by atoms with Crippen LogP contribution >= 0.6 is 0 Å². The summed E-state index contributed by atoms with van der Waals surface area (Å²) in [5, 5.41) is 13.3. The van der Waals surface area contributed by atoms with Crippen LogP contribution in [0.3, 0.4) is 0 Å². The number of rotatable bonds is 6. The van der Waals surface area contributed by atoms with E-state index >= 15 is 0 Å². The second-order valence-electron chi connectivity index (χ2n) is 9.19. The summed E-state index contributed by atoms with van der Waals surface area (Å²) in [6.07, 6.45) is 9.79. The number of hydrogen-bond donors (Lipinski definition) is 2. The Balaban J connectivity index is 1.32. The highest BCUT2D eigenvalue weighted by Crippen LogP contribution is 2.32. The van der Waals surface area contributed by atoms with E-state index < -0.39 is 6.10 Å². The molecule has 1 amide bonds. The molecule has 0 unspecified atom stereocenters. The number of nitrogens with zero attached hydrogens (tertiary/aromatic N) is 1. The molecular weight excluding hydrogens is 344 g/mol. The van der Waals surface area contributed by atoms with Gasteiger partial charge in [0.15, 0.2) is 0 Å². The number of fused-ring (bicyclic) bond motifs is 1. The number of β-amino-alcohol motifs (C(OH)–C–C–N with tert-alkyl or cyclic N) is 1. The molecule has 0 aromatic carbocycles. The Labute approximate surface area is 163 Å². The van der Waals surface area contributed by atoms with Gasteiger partial charge in [0, 0.05) is 25.7 Å². The molecule has 2 N–H and O–H groups in total. The molecule has 0 aromatic heterocycles. The van der Waals surface area contributed by atoms with Crippen LogP contribution in [0, 0.1) is 11.8 Å². The van der Waals surface area contributed by atoms with Crippen LogP contribution in [0.2, 0.25) is 0 Å². The van der Waals surface area contributed by atoms with E-state index in [0.29, 0.717) is 38.1 Å². The first-order valence-corrected chi connectivity index (χ1v) is 11.1. The number of aliphatic hydroxyl groups is 1. The first-order chi connectivity index (χ1) is 13.2. The Bertz CT molecular complexity index is 493. The lowest BCUT2D eigenvalue weighted by molar-refractivity contribution is -0.158. The fourth-order valence-electron chi connectivity index (χ4n) is 5.04. The van der Waals surface area contributed by atoms with Gasteiger partial charge in [0.1, 0.15) is 0 Å². The zero-order valence-corrected chi connectivity index (χ0v) is 16.5. The minimum atomic E-state index is -0.418. The van der Waals surface area contributed by atoms with E-state index in [9.17, 15) is 9.90 Å². The molecule has 4 aliphatic rings. The van der Waals surface area contributed by atoms with Gasteiger partial charge in [-0.1, -0.05) is 12.8 Å². The van der Waals surface area contributed by atoms with Crippen LogP contribution in [-0.4, -0.2) is 73.1 Å². The molecule has 2 heterocycles. The molecule has 27 heavy (non-hydrogen) atoms. The molecule has 2 aliphatic heterocycles. The maximum Gasteiger partial charge on any atom is 0.222 e. The van der Waals surface area contributed by atoms with Gasteiger partial charge in [0.25, 0.3) is 0 Å². The SMILES string of the molecule is O=C(C[C@H]1CC[C@@H]2[C@H](COC[C@H](O)CN2CC2CCCC2)O1)NCC1CC1. The van der Waals surface area contributed by atoms with Crippen LogP contribution in [0.15, 0.2) is 0 Å². The van der Waals surface area contributed by atoms with Crippen molar-refractivity contribution < 1.29 is 19.4 Å². The number of carbonyl (C=O) groups excluding carboxylic acids is 1. The van der Waals surface area contributed by atoms with Crippen molar-refractivity contribution >= 4 is 5.91 Å². The fourth-order valence-corrected chi connectivity index (χ4v) is 5.04. The smallest absolute Gasteiger partial charge is 0.222 e. The number of aliphatic hydroxyl groups excluding tert-OH is 1. The highest BCUT2D eigenvalue weighted by Gasteiger charge is 2.39. The Morgan fingerprint density at radius 1 is 1.04 bits per heavy atom. The molecule has 0 bridgehead atoms. The first kappa shape index (κ1) is 19.6. The van der Waals surface area contributed by atoms with E-state index in [1.807, 2.05) is 0 Å². The molecule has 0 spiro atoms. The Kier molecular flexibility index (Phi) is 6.69. The van der Waals surface area contributed by atoms with Crippen LogP contribution < -0.4 is 5.32 Å². The molecule has 4 fully saturated rings. The second kappa shape index (κ2) is 9.21. The summed E-state index contributed by atoms with van der Waals surface area (Å²) in [5.74, 6) is 1.58. The largest absolute Gasteiger partial charge is 0.389 e. The molecule has 6 heteroatoms. The number of amides is 1. The molecular formula is C21H36N2O4. The van der Waals surface area contributed by atoms with E-state index in [4.69, 9.17) is 9.47 Å². The van der Waals surface area contributed by atoms with Gasteiger partial charge in [-0.05, 0) is 50.4 Å². The monoisotopic (exact) mass is 380 g/mol. The summed E-state index contributed by atoms with van der Waals surface area (Å²) in [6.45, 7) is 3.46. The van der Waals surface area contributed by atoms with E-state index in [1.54, 1.807) is 0 Å². The Morgan fingerprint density at radius 3 is 2.63 bits per heavy atom. The minimum Gasteiger partial charge on any atom is -0.389 e. The van der Waals surface area contributed by atoms with E-state index in [-0.39, 0.29) is 18.1 Å². The highest BCUT2D eigenvalue weighted by molar-refractivity contribution is 5.76. The highest BCUT2D eigenvalue weighted by atomic mass is 16.5. The third kappa shape index (κ3) is 5.66. The zero-order valence-electron chi connectivity index (χ0n) is 16.5. The Morgan fingerprint density at radius 2 is 1.85 bits per heavy atom. The topological polar surface area (TPSA) is 71.0 Å². The Hall–Kier alpha value is -0.690. The van der Waals surface area contributed by atoms with Crippen molar-refractivity contribution in [3.63, 3.8) is 0 Å². The van der Waals surface area contributed by atoms with Crippen LogP contribution in [0.1, 0.15) is 57.8 Å². The van der Waals surface area contributed by atoms with Crippen LogP contribution in [-0.2, 0) is 14.3 Å². The van der Waals surface area contributed by atoms with Crippen molar-refractivity contribution in [2.24, 2.45) is 11.8 Å². The van der Waals surface area contributed by atoms with Crippen molar-refractivity contribution in [1.82, 2.24) is 10.2 Å². The molecule has 4 atom stereocenters. The average Bonchev–Trinajstić information content (AvgIpc) is 3.33. The first-order valence-electron chi connectivity index (χ1n) is 11.1. The third-order valence-corrected chi connectivity index (χ3v) is 6.75. The van der Waals surface area contributed by atoms with Gasteiger partial charge < -0.3 is 19.9 Å². The molecule has 0 aromatic rings. The zero-order chi connectivity index (χ0) is 18.6. The molecule has 0 radical (unpaired) electrons. The van der Waals surface area contributed by atoms with E-state index in [1.165, 1.54) is 38.5 Å². The summed E-state index contributed by atoms with van der Waals surface area (Å²) in [7, 11) is 0. The summed E-state index contributed by atoms with van der Waals surface area (Å²) >= 11 is 0. The summed E-state index contributed by atoms with van der Waals surface area (Å²) in [6, 6.07) is 0.298. The molecule has 2 saturated heterocycles. The lowest BCUT2D eigenvalue weighted by Gasteiger charge is -2.45. The van der Waals surface area contributed by atoms with Gasteiger partial charge in [-0.3, -0.25) is 9.69 Å². The fraction of sp³-hybridized carbons (Fsp3) is 0.952. The maximum absolute atomic E-state index is 12.2. The van der Waals surface area contributed by atoms with Crippen molar-refractivity contribution in [3.8, 4) is 0 Å². The van der Waals surface area contributed by atoms with Gasteiger partial charge in [-0.25, -0.2) is 0 Å². The molecule has 2 aliphatic carbocycles.